The number of rotatable bonds is 6. The molecule has 1 amide bonds. The molecule has 192 valence electrons. The molecule has 0 saturated carbocycles. The van der Waals surface area contributed by atoms with Gasteiger partial charge in [0.1, 0.15) is 18.0 Å². The molecule has 0 radical (unpaired) electrons. The van der Waals surface area contributed by atoms with Gasteiger partial charge in [-0.3, -0.25) is 9.36 Å². The lowest BCUT2D eigenvalue weighted by atomic mass is 10.1. The van der Waals surface area contributed by atoms with E-state index >= 15 is 0 Å². The first-order valence-electron chi connectivity index (χ1n) is 11.4. The Morgan fingerprint density at radius 1 is 0.921 bits per heavy atom. The Morgan fingerprint density at radius 3 is 2.34 bits per heavy atom. The second-order valence-electron chi connectivity index (χ2n) is 8.39. The quantitative estimate of drug-likeness (QED) is 0.309. The minimum atomic E-state index is -4.57. The Bertz CT molecular complexity index is 1610. The molecule has 5 aromatic rings. The van der Waals surface area contributed by atoms with Crippen molar-refractivity contribution in [2.75, 3.05) is 10.6 Å². The van der Waals surface area contributed by atoms with Crippen molar-refractivity contribution < 1.29 is 18.0 Å². The van der Waals surface area contributed by atoms with E-state index in [1.54, 1.807) is 54.3 Å². The van der Waals surface area contributed by atoms with E-state index in [-0.39, 0.29) is 11.4 Å². The number of benzene rings is 2. The Balaban J connectivity index is 1.31. The summed E-state index contributed by atoms with van der Waals surface area (Å²) in [6.07, 6.45) is 3.40. The van der Waals surface area contributed by atoms with Gasteiger partial charge in [-0.2, -0.15) is 18.2 Å². The fourth-order valence-corrected chi connectivity index (χ4v) is 3.82. The highest BCUT2D eigenvalue weighted by Gasteiger charge is 2.34. The number of amides is 1. The summed E-state index contributed by atoms with van der Waals surface area (Å²) in [5.41, 5.74) is 1.08. The first kappa shape index (κ1) is 24.7. The highest BCUT2D eigenvalue weighted by Crippen LogP contribution is 2.35. The molecule has 9 nitrogen and oxygen atoms in total. The Hall–Kier alpha value is -5.00. The molecule has 0 aliphatic carbocycles. The van der Waals surface area contributed by atoms with Crippen molar-refractivity contribution in [3.05, 3.63) is 102 Å². The third kappa shape index (κ3) is 5.24. The highest BCUT2D eigenvalue weighted by molar-refractivity contribution is 6.04. The zero-order valence-corrected chi connectivity index (χ0v) is 20.2. The summed E-state index contributed by atoms with van der Waals surface area (Å²) in [5, 5.41) is 5.74. The summed E-state index contributed by atoms with van der Waals surface area (Å²) >= 11 is 0. The minimum Gasteiger partial charge on any atom is -0.324 e. The van der Waals surface area contributed by atoms with Gasteiger partial charge in [0.25, 0.3) is 5.91 Å². The second-order valence-corrected chi connectivity index (χ2v) is 8.39. The first-order valence-corrected chi connectivity index (χ1v) is 11.4. The van der Waals surface area contributed by atoms with Gasteiger partial charge in [0.2, 0.25) is 5.95 Å². The van der Waals surface area contributed by atoms with Crippen LogP contribution in [0.1, 0.15) is 27.4 Å². The maximum absolute atomic E-state index is 13.6. The number of carbonyl (C=O) groups is 1. The van der Waals surface area contributed by atoms with Crippen LogP contribution in [0.3, 0.4) is 0 Å². The zero-order valence-electron chi connectivity index (χ0n) is 20.2. The number of anilines is 3. The number of imidazole rings is 2. The number of carbonyl (C=O) groups excluding carboxylic acids is 1. The van der Waals surface area contributed by atoms with E-state index in [0.717, 1.165) is 11.8 Å². The van der Waals surface area contributed by atoms with E-state index in [9.17, 15) is 18.0 Å². The van der Waals surface area contributed by atoms with Crippen molar-refractivity contribution in [2.24, 2.45) is 0 Å². The van der Waals surface area contributed by atoms with Crippen LogP contribution in [-0.2, 0) is 6.18 Å². The Labute approximate surface area is 215 Å². The normalized spacial score (nSPS) is 11.4. The molecule has 5 rings (SSSR count). The molecule has 0 bridgehead atoms. The molecule has 0 atom stereocenters. The van der Waals surface area contributed by atoms with Gasteiger partial charge in [-0.25, -0.2) is 15.0 Å². The van der Waals surface area contributed by atoms with Gasteiger partial charge in [0.15, 0.2) is 0 Å². The van der Waals surface area contributed by atoms with E-state index in [4.69, 9.17) is 0 Å². The third-order valence-corrected chi connectivity index (χ3v) is 5.67. The second kappa shape index (κ2) is 9.81. The lowest BCUT2D eigenvalue weighted by Gasteiger charge is -2.16. The first-order chi connectivity index (χ1) is 18.2. The molecule has 0 aliphatic heterocycles. The topological polar surface area (TPSA) is 103 Å². The van der Waals surface area contributed by atoms with E-state index in [0.29, 0.717) is 28.8 Å². The lowest BCUT2D eigenvalue weighted by Crippen LogP contribution is -2.15. The van der Waals surface area contributed by atoms with E-state index in [1.807, 2.05) is 13.1 Å². The van der Waals surface area contributed by atoms with Crippen LogP contribution in [-0.4, -0.2) is 35.0 Å². The van der Waals surface area contributed by atoms with Crippen molar-refractivity contribution in [1.29, 1.82) is 0 Å². The van der Waals surface area contributed by atoms with Gasteiger partial charge in [0, 0.05) is 41.7 Å². The highest BCUT2D eigenvalue weighted by atomic mass is 19.4. The maximum Gasteiger partial charge on any atom is 0.418 e. The summed E-state index contributed by atoms with van der Waals surface area (Å²) < 4.78 is 43.9. The molecule has 3 aromatic heterocycles. The summed E-state index contributed by atoms with van der Waals surface area (Å²) in [7, 11) is 0. The molecule has 2 aromatic carbocycles. The van der Waals surface area contributed by atoms with Crippen LogP contribution in [0, 0.1) is 13.8 Å². The largest absolute Gasteiger partial charge is 0.418 e. The summed E-state index contributed by atoms with van der Waals surface area (Å²) in [4.78, 5) is 29.7. The Morgan fingerprint density at radius 2 is 1.68 bits per heavy atom. The minimum absolute atomic E-state index is 0.127. The van der Waals surface area contributed by atoms with Crippen molar-refractivity contribution in [1.82, 2.24) is 29.1 Å². The van der Waals surface area contributed by atoms with Gasteiger partial charge in [-0.1, -0.05) is 0 Å². The van der Waals surface area contributed by atoms with Gasteiger partial charge < -0.3 is 15.2 Å². The standard InChI is InChI=1S/C26H21F3N8O/c1-16-14-36(15-32-16)23-9-10-31-25(35-23)34-19-5-3-18(4-6-19)24(38)33-20-7-8-21(26(27,28)29)22(13-20)37-12-11-30-17(37)2/h3-15H,1-2H3,(H,33,38)(H,31,34,35). The number of nitrogens with one attached hydrogen (secondary N) is 2. The van der Waals surface area contributed by atoms with E-state index in [1.165, 1.54) is 29.1 Å². The summed E-state index contributed by atoms with van der Waals surface area (Å²) in [5.74, 6) is 0.911. The van der Waals surface area contributed by atoms with Gasteiger partial charge in [0.05, 0.1) is 16.9 Å². The molecule has 2 N–H and O–H groups in total. The molecule has 0 aliphatic rings. The predicted molar refractivity (Wildman–Crippen MR) is 135 cm³/mol. The average molecular weight is 519 g/mol. The number of hydrogen-bond acceptors (Lipinski definition) is 6. The molecule has 0 spiro atoms. The van der Waals surface area contributed by atoms with Crippen LogP contribution in [0.25, 0.3) is 11.5 Å². The number of nitrogens with zero attached hydrogens (tertiary/aromatic N) is 6. The molecule has 38 heavy (non-hydrogen) atoms. The van der Waals surface area contributed by atoms with Gasteiger partial charge >= 0.3 is 6.18 Å². The third-order valence-electron chi connectivity index (χ3n) is 5.67. The zero-order chi connectivity index (χ0) is 26.9. The summed E-state index contributed by atoms with van der Waals surface area (Å²) in [6.45, 7) is 3.48. The van der Waals surface area contributed by atoms with Crippen molar-refractivity contribution in [2.45, 2.75) is 20.0 Å². The number of aromatic nitrogens is 6. The summed E-state index contributed by atoms with van der Waals surface area (Å²) in [6, 6.07) is 11.7. The molecule has 0 fully saturated rings. The Kier molecular flexibility index (Phi) is 6.37. The van der Waals surface area contributed by atoms with Crippen LogP contribution in [0.5, 0.6) is 0 Å². The number of aryl methyl sites for hydroxylation is 2. The van der Waals surface area contributed by atoms with Gasteiger partial charge in [-0.05, 0) is 62.4 Å². The SMILES string of the molecule is Cc1cn(-c2ccnc(Nc3ccc(C(=O)Nc4ccc(C(F)(F)F)c(-n5ccnc5C)c4)cc3)n2)cn1. The van der Waals surface area contributed by atoms with Crippen LogP contribution >= 0.6 is 0 Å². The molecule has 0 saturated heterocycles. The van der Waals surface area contributed by atoms with Crippen LogP contribution < -0.4 is 10.6 Å². The van der Waals surface area contributed by atoms with Crippen molar-refractivity contribution in [3.63, 3.8) is 0 Å². The predicted octanol–water partition coefficient (Wildman–Crippen LogP) is 5.48. The fraction of sp³-hybridized carbons (Fsp3) is 0.115. The molecule has 0 unspecified atom stereocenters. The smallest absolute Gasteiger partial charge is 0.324 e. The maximum atomic E-state index is 13.6. The lowest BCUT2D eigenvalue weighted by molar-refractivity contribution is -0.137. The van der Waals surface area contributed by atoms with Crippen LogP contribution in [0.15, 0.2) is 79.6 Å². The molecular formula is C26H21F3N8O. The van der Waals surface area contributed by atoms with E-state index in [2.05, 4.69) is 30.6 Å². The fourth-order valence-electron chi connectivity index (χ4n) is 3.82. The number of alkyl halides is 3. The monoisotopic (exact) mass is 518 g/mol. The molecule has 3 heterocycles. The van der Waals surface area contributed by atoms with Crippen molar-refractivity contribution >= 4 is 23.2 Å². The molecular weight excluding hydrogens is 497 g/mol. The van der Waals surface area contributed by atoms with Crippen LogP contribution in [0.2, 0.25) is 0 Å². The van der Waals surface area contributed by atoms with Crippen molar-refractivity contribution in [3.8, 4) is 11.5 Å². The van der Waals surface area contributed by atoms with E-state index < -0.39 is 17.6 Å². The number of hydrogen-bond donors (Lipinski definition) is 2. The van der Waals surface area contributed by atoms with Crippen LogP contribution in [0.4, 0.5) is 30.5 Å². The number of halogens is 3. The van der Waals surface area contributed by atoms with Gasteiger partial charge in [-0.15, -0.1) is 0 Å². The average Bonchev–Trinajstić information content (AvgIpc) is 3.52. The molecule has 12 heteroatoms.